The molecule has 1 aliphatic carbocycles. The van der Waals surface area contributed by atoms with E-state index in [1.54, 1.807) is 23.5 Å². The number of nitrogens with zero attached hydrogens (tertiary/aromatic N) is 1. The third-order valence-electron chi connectivity index (χ3n) is 3.68. The molecule has 1 aliphatic rings. The van der Waals surface area contributed by atoms with Crippen LogP contribution in [-0.4, -0.2) is 11.0 Å². The molecule has 2 aromatic rings. The summed E-state index contributed by atoms with van der Waals surface area (Å²) in [5.41, 5.74) is 1.66. The van der Waals surface area contributed by atoms with Crippen LogP contribution in [0.25, 0.3) is 0 Å². The number of rotatable bonds is 6. The van der Waals surface area contributed by atoms with Gasteiger partial charge < -0.3 is 5.32 Å². The molecule has 0 saturated heterocycles. The van der Waals surface area contributed by atoms with Crippen LogP contribution in [0.4, 0.5) is 4.39 Å². The molecule has 0 radical (unpaired) electrons. The van der Waals surface area contributed by atoms with E-state index in [0.717, 1.165) is 23.7 Å². The number of hydrogen-bond donors (Lipinski definition) is 1. The third kappa shape index (κ3) is 3.62. The SMILES string of the molecule is CCc1nc(Cc2c(F)cccc2Cl)sc1CNC1CC1. The zero-order valence-corrected chi connectivity index (χ0v) is 13.5. The van der Waals surface area contributed by atoms with Crippen molar-refractivity contribution in [2.45, 2.75) is 45.2 Å². The van der Waals surface area contributed by atoms with E-state index in [2.05, 4.69) is 17.2 Å². The standard InChI is InChI=1S/C16H18ClFN2S/c1-2-14-15(9-19-10-6-7-10)21-16(20-14)8-11-12(17)4-3-5-13(11)18/h3-5,10,19H,2,6-9H2,1H3. The molecule has 0 unspecified atom stereocenters. The van der Waals surface area contributed by atoms with E-state index in [1.165, 1.54) is 23.8 Å². The van der Waals surface area contributed by atoms with Crippen LogP contribution in [0.1, 0.15) is 40.9 Å². The minimum absolute atomic E-state index is 0.256. The summed E-state index contributed by atoms with van der Waals surface area (Å²) in [5, 5.41) is 4.93. The van der Waals surface area contributed by atoms with Gasteiger partial charge in [-0.1, -0.05) is 24.6 Å². The normalized spacial score (nSPS) is 14.6. The van der Waals surface area contributed by atoms with Crippen LogP contribution in [0.3, 0.4) is 0 Å². The van der Waals surface area contributed by atoms with E-state index in [-0.39, 0.29) is 5.82 Å². The second kappa shape index (κ2) is 6.42. The molecule has 0 aliphatic heterocycles. The van der Waals surface area contributed by atoms with Crippen molar-refractivity contribution in [3.63, 3.8) is 0 Å². The van der Waals surface area contributed by atoms with Crippen LogP contribution >= 0.6 is 22.9 Å². The maximum atomic E-state index is 13.9. The van der Waals surface area contributed by atoms with E-state index >= 15 is 0 Å². The van der Waals surface area contributed by atoms with Crippen molar-refractivity contribution < 1.29 is 4.39 Å². The van der Waals surface area contributed by atoms with Gasteiger partial charge in [-0.3, -0.25) is 0 Å². The number of aromatic nitrogens is 1. The molecule has 1 fully saturated rings. The molecule has 2 nitrogen and oxygen atoms in total. The smallest absolute Gasteiger partial charge is 0.128 e. The quantitative estimate of drug-likeness (QED) is 0.855. The molecule has 1 saturated carbocycles. The monoisotopic (exact) mass is 324 g/mol. The Morgan fingerprint density at radius 1 is 1.43 bits per heavy atom. The van der Waals surface area contributed by atoms with Crippen molar-refractivity contribution in [1.82, 2.24) is 10.3 Å². The van der Waals surface area contributed by atoms with Crippen LogP contribution in [-0.2, 0) is 19.4 Å². The van der Waals surface area contributed by atoms with Crippen molar-refractivity contribution >= 4 is 22.9 Å². The summed E-state index contributed by atoms with van der Waals surface area (Å²) in [4.78, 5) is 5.93. The van der Waals surface area contributed by atoms with Gasteiger partial charge in [-0.15, -0.1) is 11.3 Å². The molecule has 0 amide bonds. The fourth-order valence-electron chi connectivity index (χ4n) is 2.30. The molecule has 0 atom stereocenters. The van der Waals surface area contributed by atoms with Gasteiger partial charge in [0.1, 0.15) is 5.82 Å². The van der Waals surface area contributed by atoms with Crippen LogP contribution in [0.2, 0.25) is 5.02 Å². The zero-order chi connectivity index (χ0) is 14.8. The van der Waals surface area contributed by atoms with Crippen molar-refractivity contribution in [3.05, 3.63) is 50.2 Å². The third-order valence-corrected chi connectivity index (χ3v) is 5.13. The Bertz CT molecular complexity index is 617. The number of nitrogens with one attached hydrogen (secondary N) is 1. The highest BCUT2D eigenvalue weighted by Gasteiger charge is 2.21. The largest absolute Gasteiger partial charge is 0.309 e. The van der Waals surface area contributed by atoms with Gasteiger partial charge >= 0.3 is 0 Å². The maximum absolute atomic E-state index is 13.9. The van der Waals surface area contributed by atoms with E-state index in [1.807, 2.05) is 0 Å². The highest BCUT2D eigenvalue weighted by molar-refractivity contribution is 7.11. The van der Waals surface area contributed by atoms with Crippen molar-refractivity contribution in [2.75, 3.05) is 0 Å². The highest BCUT2D eigenvalue weighted by Crippen LogP contribution is 2.27. The summed E-state index contributed by atoms with van der Waals surface area (Å²) in [6.07, 6.45) is 3.92. The molecule has 0 bridgehead atoms. The average Bonchev–Trinajstić information content (AvgIpc) is 3.21. The summed E-state index contributed by atoms with van der Waals surface area (Å²) in [6, 6.07) is 5.49. The maximum Gasteiger partial charge on any atom is 0.128 e. The lowest BCUT2D eigenvalue weighted by molar-refractivity contribution is 0.614. The summed E-state index contributed by atoms with van der Waals surface area (Å²) in [7, 11) is 0. The number of aryl methyl sites for hydroxylation is 1. The zero-order valence-electron chi connectivity index (χ0n) is 12.0. The van der Waals surface area contributed by atoms with Crippen molar-refractivity contribution in [1.29, 1.82) is 0 Å². The van der Waals surface area contributed by atoms with Gasteiger partial charge in [0.25, 0.3) is 0 Å². The lowest BCUT2D eigenvalue weighted by atomic mass is 10.1. The van der Waals surface area contributed by atoms with Crippen molar-refractivity contribution in [3.8, 4) is 0 Å². The Kier molecular flexibility index (Phi) is 4.57. The van der Waals surface area contributed by atoms with E-state index in [0.29, 0.717) is 23.0 Å². The van der Waals surface area contributed by atoms with Crippen LogP contribution in [0, 0.1) is 5.82 Å². The number of halogens is 2. The van der Waals surface area contributed by atoms with Crippen LogP contribution in [0.5, 0.6) is 0 Å². The number of hydrogen-bond acceptors (Lipinski definition) is 3. The molecule has 1 aromatic heterocycles. The molecule has 1 N–H and O–H groups in total. The number of thiazole rings is 1. The minimum atomic E-state index is -0.256. The predicted molar refractivity (Wildman–Crippen MR) is 85.6 cm³/mol. The fourth-order valence-corrected chi connectivity index (χ4v) is 3.65. The Morgan fingerprint density at radius 2 is 2.24 bits per heavy atom. The molecule has 21 heavy (non-hydrogen) atoms. The van der Waals surface area contributed by atoms with E-state index < -0.39 is 0 Å². The Hall–Kier alpha value is -0.970. The molecule has 1 heterocycles. The highest BCUT2D eigenvalue weighted by atomic mass is 35.5. The van der Waals surface area contributed by atoms with Crippen LogP contribution in [0.15, 0.2) is 18.2 Å². The molecule has 112 valence electrons. The molecular formula is C16H18ClFN2S. The summed E-state index contributed by atoms with van der Waals surface area (Å²) in [6.45, 7) is 2.98. The van der Waals surface area contributed by atoms with Gasteiger partial charge in [0.05, 0.1) is 10.7 Å². The van der Waals surface area contributed by atoms with Gasteiger partial charge in [-0.05, 0) is 31.4 Å². The van der Waals surface area contributed by atoms with Gasteiger partial charge in [-0.2, -0.15) is 0 Å². The average molecular weight is 325 g/mol. The first kappa shape index (κ1) is 14.9. The summed E-state index contributed by atoms with van der Waals surface area (Å²) < 4.78 is 13.9. The molecule has 0 spiro atoms. The lowest BCUT2D eigenvalue weighted by Gasteiger charge is -2.03. The first-order valence-corrected chi connectivity index (χ1v) is 8.50. The fraction of sp³-hybridized carbons (Fsp3) is 0.438. The van der Waals surface area contributed by atoms with Gasteiger partial charge in [0.15, 0.2) is 0 Å². The summed E-state index contributed by atoms with van der Waals surface area (Å²) >= 11 is 7.76. The second-order valence-electron chi connectivity index (χ2n) is 5.36. The van der Waals surface area contributed by atoms with E-state index in [4.69, 9.17) is 11.6 Å². The molecule has 5 heteroatoms. The Labute approximate surface area is 133 Å². The topological polar surface area (TPSA) is 24.9 Å². The Morgan fingerprint density at radius 3 is 2.90 bits per heavy atom. The first-order chi connectivity index (χ1) is 10.2. The van der Waals surface area contributed by atoms with Gasteiger partial charge in [0.2, 0.25) is 0 Å². The predicted octanol–water partition coefficient (Wildman–Crippen LogP) is 4.34. The van der Waals surface area contributed by atoms with Crippen molar-refractivity contribution in [2.24, 2.45) is 0 Å². The van der Waals surface area contributed by atoms with E-state index in [9.17, 15) is 4.39 Å². The van der Waals surface area contributed by atoms with Gasteiger partial charge in [-0.25, -0.2) is 9.37 Å². The number of benzene rings is 1. The van der Waals surface area contributed by atoms with Crippen LogP contribution < -0.4 is 5.32 Å². The Balaban J connectivity index is 1.78. The minimum Gasteiger partial charge on any atom is -0.309 e. The lowest BCUT2D eigenvalue weighted by Crippen LogP contribution is -2.15. The molecule has 3 rings (SSSR count). The molecular weight excluding hydrogens is 307 g/mol. The first-order valence-electron chi connectivity index (χ1n) is 7.31. The molecule has 1 aromatic carbocycles. The second-order valence-corrected chi connectivity index (χ2v) is 6.94. The summed E-state index contributed by atoms with van der Waals surface area (Å²) in [5.74, 6) is -0.256. The van der Waals surface area contributed by atoms with Gasteiger partial charge in [0, 0.05) is 34.5 Å².